The molecule has 0 aliphatic carbocycles. The maximum absolute atomic E-state index is 15.1. The van der Waals surface area contributed by atoms with Crippen LogP contribution >= 0.6 is 19.1 Å². The molecule has 1 amide bonds. The van der Waals surface area contributed by atoms with Crippen LogP contribution in [0.15, 0.2) is 152 Å². The maximum Gasteiger partial charge on any atom is 0.356 e. The topological polar surface area (TPSA) is 72.9 Å². The fourth-order valence-electron chi connectivity index (χ4n) is 6.78. The van der Waals surface area contributed by atoms with Gasteiger partial charge in [-0.05, 0) is 34.0 Å². The summed E-state index contributed by atoms with van der Waals surface area (Å²) in [5.41, 5.74) is 1.93. The van der Waals surface area contributed by atoms with Gasteiger partial charge in [0.25, 0.3) is 0 Å². The first-order valence-corrected chi connectivity index (χ1v) is 18.7. The highest BCUT2D eigenvalue weighted by atomic mass is 32.1. The lowest BCUT2D eigenvalue weighted by atomic mass is 9.80. The molecule has 5 aromatic carbocycles. The molecule has 6 rings (SSSR count). The maximum atomic E-state index is 15.1. The average molecular weight is 700 g/mol. The highest BCUT2D eigenvalue weighted by molar-refractivity contribution is 7.96. The van der Waals surface area contributed by atoms with E-state index in [9.17, 15) is 9.59 Å². The van der Waals surface area contributed by atoms with E-state index in [-0.39, 0.29) is 24.4 Å². The molecule has 1 saturated heterocycles. The van der Waals surface area contributed by atoms with Crippen LogP contribution in [-0.2, 0) is 30.5 Å². The molecule has 0 radical (unpaired) electrons. The second-order valence-electron chi connectivity index (χ2n) is 12.2. The van der Waals surface area contributed by atoms with Gasteiger partial charge in [0.1, 0.15) is 18.1 Å². The van der Waals surface area contributed by atoms with Gasteiger partial charge in [0, 0.05) is 25.1 Å². The lowest BCUT2D eigenvalue weighted by Crippen LogP contribution is -2.69. The molecule has 0 aromatic heterocycles. The Balaban J connectivity index is 1.65. The zero-order valence-corrected chi connectivity index (χ0v) is 29.6. The Morgan fingerprint density at radius 3 is 1.62 bits per heavy atom. The molecular formula is C42H38NO5PS. The van der Waals surface area contributed by atoms with Crippen molar-refractivity contribution in [2.45, 2.75) is 39.0 Å². The summed E-state index contributed by atoms with van der Waals surface area (Å²) >= 11 is 5.99. The Morgan fingerprint density at radius 1 is 0.720 bits per heavy atom. The van der Waals surface area contributed by atoms with Crippen LogP contribution in [0.3, 0.4) is 0 Å². The van der Waals surface area contributed by atoms with Gasteiger partial charge in [-0.3, -0.25) is 9.59 Å². The van der Waals surface area contributed by atoms with Crippen molar-refractivity contribution in [1.82, 2.24) is 4.90 Å². The highest BCUT2D eigenvalue weighted by Gasteiger charge is 2.56. The number of benzene rings is 5. The second-order valence-corrected chi connectivity index (χ2v) is 16.0. The largest absolute Gasteiger partial charge is 0.462 e. The molecule has 1 fully saturated rings. The monoisotopic (exact) mass is 699 g/mol. The van der Waals surface area contributed by atoms with Crippen LogP contribution < -0.4 is 15.9 Å². The lowest BCUT2D eigenvalue weighted by Gasteiger charge is -2.51. The quantitative estimate of drug-likeness (QED) is 0.0491. The van der Waals surface area contributed by atoms with Gasteiger partial charge >= 0.3 is 11.9 Å². The van der Waals surface area contributed by atoms with Gasteiger partial charge in [-0.2, -0.15) is 0 Å². The molecule has 1 aliphatic heterocycles. The first kappa shape index (κ1) is 34.8. The zero-order valence-electron chi connectivity index (χ0n) is 27.9. The summed E-state index contributed by atoms with van der Waals surface area (Å²) in [7, 11) is 0. The number of hydrogen-bond donors (Lipinski definition) is 0. The molecule has 3 atom stereocenters. The van der Waals surface area contributed by atoms with E-state index >= 15 is 4.79 Å². The summed E-state index contributed by atoms with van der Waals surface area (Å²) in [6.45, 7) is -0.0695. The van der Waals surface area contributed by atoms with Crippen molar-refractivity contribution in [3.8, 4) is 0 Å². The molecule has 5 aromatic rings. The lowest BCUT2D eigenvalue weighted by molar-refractivity contribution is -0.166. The van der Waals surface area contributed by atoms with Gasteiger partial charge in [-0.1, -0.05) is 164 Å². The van der Waals surface area contributed by atoms with Crippen LogP contribution in [0.1, 0.15) is 31.4 Å². The van der Waals surface area contributed by atoms with E-state index in [0.717, 1.165) is 27.0 Å². The van der Waals surface area contributed by atoms with Crippen molar-refractivity contribution >= 4 is 63.1 Å². The van der Waals surface area contributed by atoms with Crippen LogP contribution in [0.5, 0.6) is 0 Å². The smallest absolute Gasteiger partial charge is 0.356 e. The van der Waals surface area contributed by atoms with Gasteiger partial charge in [0.15, 0.2) is 0 Å². The first-order chi connectivity index (χ1) is 24.3. The fourth-order valence-corrected chi connectivity index (χ4v) is 11.5. The van der Waals surface area contributed by atoms with Gasteiger partial charge in [0.05, 0.1) is 12.0 Å². The van der Waals surface area contributed by atoms with Crippen molar-refractivity contribution in [3.63, 3.8) is 0 Å². The van der Waals surface area contributed by atoms with E-state index < -0.39 is 36.9 Å². The zero-order chi connectivity index (χ0) is 35.1. The molecule has 252 valence electrons. The Labute approximate surface area is 298 Å². The summed E-state index contributed by atoms with van der Waals surface area (Å²) in [6, 6.07) is 48.2. The summed E-state index contributed by atoms with van der Waals surface area (Å²) in [5.74, 6) is -2.14. The van der Waals surface area contributed by atoms with Crippen LogP contribution in [0.2, 0.25) is 0 Å². The number of hydrogen-bond acceptors (Lipinski definition) is 6. The number of β-lactam (4-membered cyclic amide) rings is 1. The molecule has 0 N–H and O–H groups in total. The number of likely N-dealkylation sites (tertiary alicyclic amines) is 1. The molecule has 1 aliphatic rings. The van der Waals surface area contributed by atoms with Crippen molar-refractivity contribution < 1.29 is 23.9 Å². The molecule has 0 saturated carbocycles. The molecule has 1 heterocycles. The number of nitrogens with zero attached hydrogens (tertiary/aromatic N) is 1. The Bertz CT molecular complexity index is 1920. The molecule has 50 heavy (non-hydrogen) atoms. The van der Waals surface area contributed by atoms with Gasteiger partial charge in [-0.15, -0.1) is 0 Å². The first-order valence-electron chi connectivity index (χ1n) is 16.6. The number of carbonyl (C=O) groups is 3. The van der Waals surface area contributed by atoms with Gasteiger partial charge in [-0.25, -0.2) is 4.79 Å². The number of rotatable bonds is 12. The van der Waals surface area contributed by atoms with Crippen LogP contribution in [0.25, 0.3) is 0 Å². The molecule has 0 bridgehead atoms. The summed E-state index contributed by atoms with van der Waals surface area (Å²) < 4.78 is 11.8. The van der Waals surface area contributed by atoms with Crippen LogP contribution in [-0.4, -0.2) is 45.2 Å². The third-order valence-electron chi connectivity index (χ3n) is 8.99. The average Bonchev–Trinajstić information content (AvgIpc) is 3.15. The van der Waals surface area contributed by atoms with Crippen molar-refractivity contribution in [3.05, 3.63) is 163 Å². The second kappa shape index (κ2) is 15.6. The number of amides is 1. The van der Waals surface area contributed by atoms with E-state index in [1.54, 1.807) is 11.8 Å². The minimum atomic E-state index is -3.14. The van der Waals surface area contributed by atoms with E-state index in [1.165, 1.54) is 6.92 Å². The predicted octanol–water partition coefficient (Wildman–Crippen LogP) is 6.44. The normalized spacial score (nSPS) is 16.1. The highest BCUT2D eigenvalue weighted by Crippen LogP contribution is 2.50. The minimum Gasteiger partial charge on any atom is -0.462 e. The summed E-state index contributed by atoms with van der Waals surface area (Å²) in [5, 5.41) is 2.66. The molecule has 6 nitrogen and oxygen atoms in total. The van der Waals surface area contributed by atoms with Gasteiger partial charge in [0.2, 0.25) is 5.91 Å². The van der Waals surface area contributed by atoms with Crippen LogP contribution in [0.4, 0.5) is 0 Å². The van der Waals surface area contributed by atoms with Crippen molar-refractivity contribution in [2.75, 3.05) is 0 Å². The fraction of sp³-hybridized carbons (Fsp3) is 0.167. The van der Waals surface area contributed by atoms with Crippen molar-refractivity contribution in [2.24, 2.45) is 5.92 Å². The number of carbonyl (C=O) groups excluding carboxylic acids is 3. The van der Waals surface area contributed by atoms with E-state index in [4.69, 9.17) is 21.7 Å². The number of thiocarbonyl (C=S) groups is 1. The molecule has 1 unspecified atom stereocenters. The number of esters is 2. The van der Waals surface area contributed by atoms with E-state index in [1.807, 2.05) is 152 Å². The van der Waals surface area contributed by atoms with Gasteiger partial charge < -0.3 is 14.4 Å². The SMILES string of the molecule is CC(=O)OC(C)[C@H]1C(=O)N(C(C(=O)OCc2ccccc2)=P(c2ccccc2)(c2ccccc2)c2ccccc2)[C@H]1CC(=S)c1ccccc1. The van der Waals surface area contributed by atoms with E-state index in [2.05, 4.69) is 0 Å². The summed E-state index contributed by atoms with van der Waals surface area (Å²) in [6.07, 6.45) is -0.478. The Morgan fingerprint density at radius 2 is 1.16 bits per heavy atom. The predicted molar refractivity (Wildman–Crippen MR) is 205 cm³/mol. The third kappa shape index (κ3) is 6.98. The molecule has 0 spiro atoms. The van der Waals surface area contributed by atoms with Crippen molar-refractivity contribution in [1.29, 1.82) is 0 Å². The minimum absolute atomic E-state index is 0.0178. The Hall–Kier alpha value is -5.10. The molecule has 8 heteroatoms. The standard InChI is InChI=1S/C42H38NO5PS/c1-30(48-31(2)44)39-37(28-38(50)33-20-10-4-11-21-33)43(40(39)45)41(42(46)47-29-32-18-8-3-9-19-32)49(34-22-12-5-13-23-34,35-24-14-6-15-25-35)36-26-16-7-17-27-36/h3-27,30,37,39H,28-29H2,1-2H3/t30?,37-,39+/m0/s1. The van der Waals surface area contributed by atoms with E-state index in [0.29, 0.717) is 4.86 Å². The third-order valence-corrected chi connectivity index (χ3v) is 13.6. The summed E-state index contributed by atoms with van der Waals surface area (Å²) in [4.78, 5) is 44.2. The Kier molecular flexibility index (Phi) is 10.9. The van der Waals surface area contributed by atoms with Crippen LogP contribution in [0, 0.1) is 5.92 Å². The number of ether oxygens (including phenoxy) is 2. The molecular weight excluding hydrogens is 662 g/mol.